The molecule has 3 aromatic carbocycles. The lowest BCUT2D eigenvalue weighted by Crippen LogP contribution is -1.89. The first-order valence-electron chi connectivity index (χ1n) is 8.63. The van der Waals surface area contributed by atoms with Crippen LogP contribution in [0.5, 0.6) is 17.2 Å². The van der Waals surface area contributed by atoms with Gasteiger partial charge in [0.25, 0.3) is 0 Å². The van der Waals surface area contributed by atoms with E-state index in [9.17, 15) is 0 Å². The fourth-order valence-electron chi connectivity index (χ4n) is 3.23. The average Bonchev–Trinajstić information content (AvgIpc) is 3.13. The summed E-state index contributed by atoms with van der Waals surface area (Å²) in [5.41, 5.74) is 3.81. The number of hydrogen-bond donors (Lipinski definition) is 0. The third-order valence-electron chi connectivity index (χ3n) is 4.59. The summed E-state index contributed by atoms with van der Waals surface area (Å²) < 4.78 is 22.4. The molecule has 0 aliphatic heterocycles. The van der Waals surface area contributed by atoms with Crippen molar-refractivity contribution in [3.63, 3.8) is 0 Å². The summed E-state index contributed by atoms with van der Waals surface area (Å²) in [6.07, 6.45) is 0. The fraction of sp³-hybridized carbons (Fsp3) is 0.130. The van der Waals surface area contributed by atoms with Crippen LogP contribution in [0, 0.1) is 0 Å². The maximum atomic E-state index is 6.25. The molecule has 0 fully saturated rings. The number of furan rings is 1. The Hall–Kier alpha value is -3.40. The molecule has 27 heavy (non-hydrogen) atoms. The first-order valence-corrected chi connectivity index (χ1v) is 8.63. The van der Waals surface area contributed by atoms with Crippen LogP contribution in [-0.4, -0.2) is 21.3 Å². The molecule has 0 saturated carbocycles. The molecule has 0 atom stereocenters. The van der Waals surface area contributed by atoms with Crippen molar-refractivity contribution in [3.8, 4) is 39.7 Å². The molecular formula is C23H20O4. The van der Waals surface area contributed by atoms with Crippen LogP contribution in [-0.2, 0) is 0 Å². The Morgan fingerprint density at radius 1 is 0.630 bits per heavy atom. The normalized spacial score (nSPS) is 10.8. The van der Waals surface area contributed by atoms with Crippen molar-refractivity contribution in [1.29, 1.82) is 0 Å². The molecule has 0 amide bonds. The molecule has 4 heteroatoms. The molecule has 136 valence electrons. The highest BCUT2D eigenvalue weighted by atomic mass is 16.5. The minimum atomic E-state index is 0.713. The highest BCUT2D eigenvalue weighted by molar-refractivity contribution is 6.01. The number of para-hydroxylation sites is 1. The van der Waals surface area contributed by atoms with Crippen molar-refractivity contribution in [2.45, 2.75) is 0 Å². The summed E-state index contributed by atoms with van der Waals surface area (Å²) in [5, 5.41) is 1.06. The van der Waals surface area contributed by atoms with Crippen LogP contribution in [0.2, 0.25) is 0 Å². The van der Waals surface area contributed by atoms with E-state index in [1.54, 1.807) is 21.3 Å². The lowest BCUT2D eigenvalue weighted by molar-refractivity contribution is 0.394. The van der Waals surface area contributed by atoms with Crippen LogP contribution in [0.1, 0.15) is 0 Å². The van der Waals surface area contributed by atoms with Gasteiger partial charge in [-0.1, -0.05) is 30.3 Å². The summed E-state index contributed by atoms with van der Waals surface area (Å²) in [7, 11) is 4.94. The molecule has 4 rings (SSSR count). The number of fused-ring (bicyclic) bond motifs is 1. The second-order valence-corrected chi connectivity index (χ2v) is 6.13. The van der Waals surface area contributed by atoms with Crippen LogP contribution < -0.4 is 14.2 Å². The topological polar surface area (TPSA) is 40.8 Å². The largest absolute Gasteiger partial charge is 0.497 e. The lowest BCUT2D eigenvalue weighted by atomic mass is 9.98. The monoisotopic (exact) mass is 360 g/mol. The van der Waals surface area contributed by atoms with E-state index < -0.39 is 0 Å². The van der Waals surface area contributed by atoms with Crippen molar-refractivity contribution in [2.24, 2.45) is 0 Å². The van der Waals surface area contributed by atoms with Gasteiger partial charge in [0.15, 0.2) is 0 Å². The zero-order valence-corrected chi connectivity index (χ0v) is 15.5. The summed E-state index contributed by atoms with van der Waals surface area (Å²) in [5.74, 6) is 3.02. The second-order valence-electron chi connectivity index (χ2n) is 6.13. The minimum absolute atomic E-state index is 0.713. The lowest BCUT2D eigenvalue weighted by Gasteiger charge is -2.09. The Labute approximate surface area is 157 Å². The van der Waals surface area contributed by atoms with Crippen molar-refractivity contribution >= 4 is 11.0 Å². The van der Waals surface area contributed by atoms with Gasteiger partial charge in [-0.05, 0) is 35.9 Å². The van der Waals surface area contributed by atoms with E-state index in [0.717, 1.165) is 39.2 Å². The van der Waals surface area contributed by atoms with Crippen molar-refractivity contribution in [3.05, 3.63) is 66.7 Å². The maximum absolute atomic E-state index is 6.25. The molecule has 0 saturated heterocycles. The standard InChI is InChI=1S/C23H20O4/c1-24-17-10-8-15(9-11-17)22-20-6-4-5-7-21(20)27-23(22)16-12-18(25-2)14-19(13-16)26-3/h4-14H,1-3H3. The third-order valence-corrected chi connectivity index (χ3v) is 4.59. The minimum Gasteiger partial charge on any atom is -0.497 e. The predicted molar refractivity (Wildman–Crippen MR) is 107 cm³/mol. The fourth-order valence-corrected chi connectivity index (χ4v) is 3.23. The SMILES string of the molecule is COc1ccc(-c2c(-c3cc(OC)cc(OC)c3)oc3ccccc23)cc1. The van der Waals surface area contributed by atoms with Crippen LogP contribution >= 0.6 is 0 Å². The van der Waals surface area contributed by atoms with E-state index in [4.69, 9.17) is 18.6 Å². The smallest absolute Gasteiger partial charge is 0.143 e. The van der Waals surface area contributed by atoms with E-state index in [2.05, 4.69) is 6.07 Å². The Kier molecular flexibility index (Phi) is 4.47. The Morgan fingerprint density at radius 3 is 1.89 bits per heavy atom. The third kappa shape index (κ3) is 3.10. The average molecular weight is 360 g/mol. The predicted octanol–water partition coefficient (Wildman–Crippen LogP) is 5.79. The summed E-state index contributed by atoms with van der Waals surface area (Å²) >= 11 is 0. The highest BCUT2D eigenvalue weighted by Gasteiger charge is 2.19. The van der Waals surface area contributed by atoms with Gasteiger partial charge >= 0.3 is 0 Å². The van der Waals surface area contributed by atoms with Gasteiger partial charge in [-0.15, -0.1) is 0 Å². The van der Waals surface area contributed by atoms with E-state index in [1.807, 2.05) is 60.7 Å². The Bertz CT molecular complexity index is 1060. The van der Waals surface area contributed by atoms with E-state index in [0.29, 0.717) is 11.5 Å². The van der Waals surface area contributed by atoms with Crippen molar-refractivity contribution < 1.29 is 18.6 Å². The molecule has 0 aliphatic rings. The zero-order chi connectivity index (χ0) is 18.8. The number of rotatable bonds is 5. The first kappa shape index (κ1) is 17.0. The molecule has 0 bridgehead atoms. The molecule has 0 N–H and O–H groups in total. The maximum Gasteiger partial charge on any atom is 0.143 e. The number of methoxy groups -OCH3 is 3. The van der Waals surface area contributed by atoms with E-state index in [-0.39, 0.29) is 0 Å². The molecule has 0 aliphatic carbocycles. The van der Waals surface area contributed by atoms with Crippen molar-refractivity contribution in [1.82, 2.24) is 0 Å². The molecule has 0 spiro atoms. The number of ether oxygens (including phenoxy) is 3. The number of hydrogen-bond acceptors (Lipinski definition) is 4. The summed E-state index contributed by atoms with van der Waals surface area (Å²) in [6, 6.07) is 21.8. The van der Waals surface area contributed by atoms with Gasteiger partial charge in [-0.2, -0.15) is 0 Å². The van der Waals surface area contributed by atoms with E-state index >= 15 is 0 Å². The molecular weight excluding hydrogens is 340 g/mol. The number of benzene rings is 3. The van der Waals surface area contributed by atoms with Gasteiger partial charge < -0.3 is 18.6 Å². The van der Waals surface area contributed by atoms with E-state index in [1.165, 1.54) is 0 Å². The van der Waals surface area contributed by atoms with Crippen molar-refractivity contribution in [2.75, 3.05) is 21.3 Å². The van der Waals surface area contributed by atoms with Gasteiger partial charge in [-0.25, -0.2) is 0 Å². The Balaban J connectivity index is 1.98. The molecule has 4 aromatic rings. The van der Waals surface area contributed by atoms with Crippen LogP contribution in [0.4, 0.5) is 0 Å². The van der Waals surface area contributed by atoms with Crippen LogP contribution in [0.25, 0.3) is 33.4 Å². The second kappa shape index (κ2) is 7.08. The van der Waals surface area contributed by atoms with Gasteiger partial charge in [0.2, 0.25) is 0 Å². The van der Waals surface area contributed by atoms with Crippen LogP contribution in [0.15, 0.2) is 71.1 Å². The summed E-state index contributed by atoms with van der Waals surface area (Å²) in [4.78, 5) is 0. The molecule has 4 nitrogen and oxygen atoms in total. The highest BCUT2D eigenvalue weighted by Crippen LogP contribution is 2.42. The quantitative estimate of drug-likeness (QED) is 0.451. The molecule has 0 radical (unpaired) electrons. The van der Waals surface area contributed by atoms with Gasteiger partial charge in [0, 0.05) is 22.6 Å². The molecule has 0 unspecified atom stereocenters. The van der Waals surface area contributed by atoms with Gasteiger partial charge in [0.1, 0.15) is 28.6 Å². The van der Waals surface area contributed by atoms with Crippen LogP contribution in [0.3, 0.4) is 0 Å². The summed E-state index contributed by atoms with van der Waals surface area (Å²) in [6.45, 7) is 0. The Morgan fingerprint density at radius 2 is 1.26 bits per heavy atom. The van der Waals surface area contributed by atoms with Gasteiger partial charge in [-0.3, -0.25) is 0 Å². The zero-order valence-electron chi connectivity index (χ0n) is 15.5. The molecule has 1 heterocycles. The first-order chi connectivity index (χ1) is 13.2. The van der Waals surface area contributed by atoms with Gasteiger partial charge in [0.05, 0.1) is 21.3 Å². The molecule has 1 aromatic heterocycles.